The highest BCUT2D eigenvalue weighted by Gasteiger charge is 2.24. The molecular weight excluding hydrogens is 378 g/mol. The minimum atomic E-state index is -0.356. The summed E-state index contributed by atoms with van der Waals surface area (Å²) in [6.45, 7) is 1.84. The number of nitrogens with one attached hydrogen (secondary N) is 1. The molecule has 1 N–H and O–H groups in total. The molecule has 1 atom stereocenters. The molecule has 4 rings (SSSR count). The standard InChI is InChI=1S/C19H19N5OS2/c1-12(26-19-23-22-16-9-5-6-10-24(16)19)17(25)21-18-14(11-20)13-7-3-2-4-8-15(13)27-18/h5-6,9-10,12H,2-4,7-8H2,1H3,(H,21,25). The Kier molecular flexibility index (Phi) is 5.14. The van der Waals surface area contributed by atoms with Gasteiger partial charge in [-0.2, -0.15) is 5.26 Å². The first-order valence-electron chi connectivity index (χ1n) is 8.99. The molecule has 138 valence electrons. The minimum absolute atomic E-state index is 0.124. The average molecular weight is 398 g/mol. The number of amides is 1. The number of rotatable bonds is 4. The molecule has 27 heavy (non-hydrogen) atoms. The lowest BCUT2D eigenvalue weighted by Crippen LogP contribution is -2.22. The van der Waals surface area contributed by atoms with Gasteiger partial charge in [0.2, 0.25) is 5.91 Å². The van der Waals surface area contributed by atoms with E-state index in [1.165, 1.54) is 23.1 Å². The van der Waals surface area contributed by atoms with Crippen LogP contribution in [0.1, 0.15) is 42.2 Å². The van der Waals surface area contributed by atoms with Crippen LogP contribution in [-0.4, -0.2) is 25.8 Å². The molecular formula is C19H19N5OS2. The van der Waals surface area contributed by atoms with Gasteiger partial charge in [-0.3, -0.25) is 9.20 Å². The molecule has 3 heterocycles. The number of carbonyl (C=O) groups excluding carboxylic acids is 1. The van der Waals surface area contributed by atoms with E-state index in [0.717, 1.165) is 36.9 Å². The van der Waals surface area contributed by atoms with Gasteiger partial charge < -0.3 is 5.32 Å². The molecule has 1 unspecified atom stereocenters. The Morgan fingerprint density at radius 3 is 3.04 bits per heavy atom. The summed E-state index contributed by atoms with van der Waals surface area (Å²) in [6.07, 6.45) is 7.28. The molecule has 0 fully saturated rings. The highest BCUT2D eigenvalue weighted by Crippen LogP contribution is 2.37. The van der Waals surface area contributed by atoms with Crippen LogP contribution in [0.5, 0.6) is 0 Å². The van der Waals surface area contributed by atoms with Gasteiger partial charge in [0.05, 0.1) is 10.8 Å². The lowest BCUT2D eigenvalue weighted by atomic mass is 10.1. The summed E-state index contributed by atoms with van der Waals surface area (Å²) in [5.74, 6) is -0.124. The molecule has 1 aliphatic carbocycles. The number of hydrogen-bond donors (Lipinski definition) is 1. The predicted octanol–water partition coefficient (Wildman–Crippen LogP) is 4.05. The number of fused-ring (bicyclic) bond motifs is 2. The summed E-state index contributed by atoms with van der Waals surface area (Å²) < 4.78 is 1.86. The fraction of sp³-hybridized carbons (Fsp3) is 0.368. The normalized spacial score (nSPS) is 15.0. The number of carbonyl (C=O) groups is 1. The van der Waals surface area contributed by atoms with E-state index in [1.54, 1.807) is 11.3 Å². The molecule has 0 spiro atoms. The smallest absolute Gasteiger partial charge is 0.238 e. The Hall–Kier alpha value is -2.37. The van der Waals surface area contributed by atoms with Gasteiger partial charge in [0.15, 0.2) is 10.8 Å². The summed E-state index contributed by atoms with van der Waals surface area (Å²) in [6, 6.07) is 7.99. The van der Waals surface area contributed by atoms with Crippen molar-refractivity contribution in [3.05, 3.63) is 40.4 Å². The van der Waals surface area contributed by atoms with Crippen molar-refractivity contribution >= 4 is 39.7 Å². The first-order valence-corrected chi connectivity index (χ1v) is 10.7. The van der Waals surface area contributed by atoms with E-state index in [9.17, 15) is 10.1 Å². The molecule has 0 aromatic carbocycles. The Bertz CT molecular complexity index is 1030. The minimum Gasteiger partial charge on any atom is -0.316 e. The molecule has 1 amide bonds. The lowest BCUT2D eigenvalue weighted by molar-refractivity contribution is -0.115. The highest BCUT2D eigenvalue weighted by atomic mass is 32.2. The largest absolute Gasteiger partial charge is 0.316 e. The van der Waals surface area contributed by atoms with E-state index in [-0.39, 0.29) is 11.2 Å². The number of aromatic nitrogens is 3. The highest BCUT2D eigenvalue weighted by molar-refractivity contribution is 8.00. The maximum atomic E-state index is 12.7. The molecule has 3 aromatic rings. The van der Waals surface area contributed by atoms with Crippen LogP contribution in [0.25, 0.3) is 5.65 Å². The number of nitriles is 1. The second-order valence-corrected chi connectivity index (χ2v) is 8.95. The second-order valence-electron chi connectivity index (χ2n) is 6.54. The van der Waals surface area contributed by atoms with Crippen molar-refractivity contribution in [2.75, 3.05) is 5.32 Å². The molecule has 0 bridgehead atoms. The maximum absolute atomic E-state index is 12.7. The Morgan fingerprint density at radius 2 is 2.19 bits per heavy atom. The quantitative estimate of drug-likeness (QED) is 0.530. The monoisotopic (exact) mass is 397 g/mol. The van der Waals surface area contributed by atoms with Crippen molar-refractivity contribution in [1.82, 2.24) is 14.6 Å². The van der Waals surface area contributed by atoms with Crippen molar-refractivity contribution in [1.29, 1.82) is 5.26 Å². The fourth-order valence-corrected chi connectivity index (χ4v) is 5.35. The van der Waals surface area contributed by atoms with Crippen LogP contribution in [0.4, 0.5) is 5.00 Å². The van der Waals surface area contributed by atoms with E-state index in [0.29, 0.717) is 15.7 Å². The van der Waals surface area contributed by atoms with Crippen molar-refractivity contribution < 1.29 is 4.79 Å². The molecule has 3 aromatic heterocycles. The van der Waals surface area contributed by atoms with E-state index >= 15 is 0 Å². The summed E-state index contributed by atoms with van der Waals surface area (Å²) in [7, 11) is 0. The third-order valence-corrected chi connectivity index (χ3v) is 6.97. The number of pyridine rings is 1. The molecule has 1 aliphatic rings. The zero-order valence-electron chi connectivity index (χ0n) is 14.9. The number of anilines is 1. The van der Waals surface area contributed by atoms with E-state index < -0.39 is 0 Å². The zero-order chi connectivity index (χ0) is 18.8. The van der Waals surface area contributed by atoms with Crippen molar-refractivity contribution in [3.63, 3.8) is 0 Å². The Morgan fingerprint density at radius 1 is 1.33 bits per heavy atom. The third kappa shape index (κ3) is 3.57. The van der Waals surface area contributed by atoms with Gasteiger partial charge in [-0.1, -0.05) is 24.2 Å². The van der Waals surface area contributed by atoms with Gasteiger partial charge in [0.25, 0.3) is 0 Å². The number of hydrogen-bond acceptors (Lipinski definition) is 6. The van der Waals surface area contributed by atoms with Crippen LogP contribution < -0.4 is 5.32 Å². The topological polar surface area (TPSA) is 83.1 Å². The van der Waals surface area contributed by atoms with Crippen molar-refractivity contribution in [2.24, 2.45) is 0 Å². The zero-order valence-corrected chi connectivity index (χ0v) is 16.6. The summed E-state index contributed by atoms with van der Waals surface area (Å²) >= 11 is 2.92. The first-order chi connectivity index (χ1) is 13.2. The Labute approximate surface area is 165 Å². The molecule has 6 nitrogen and oxygen atoms in total. The van der Waals surface area contributed by atoms with E-state index in [4.69, 9.17) is 0 Å². The van der Waals surface area contributed by atoms with Crippen LogP contribution in [0.2, 0.25) is 0 Å². The van der Waals surface area contributed by atoms with Crippen LogP contribution in [0, 0.1) is 11.3 Å². The van der Waals surface area contributed by atoms with Crippen LogP contribution in [0.3, 0.4) is 0 Å². The van der Waals surface area contributed by atoms with Gasteiger partial charge in [0, 0.05) is 11.1 Å². The first kappa shape index (κ1) is 18.0. The molecule has 0 saturated carbocycles. The van der Waals surface area contributed by atoms with Gasteiger partial charge in [-0.15, -0.1) is 21.5 Å². The van der Waals surface area contributed by atoms with Crippen LogP contribution in [-0.2, 0) is 17.6 Å². The van der Waals surface area contributed by atoms with Gasteiger partial charge in [0.1, 0.15) is 11.1 Å². The van der Waals surface area contributed by atoms with Gasteiger partial charge in [-0.05, 0) is 50.3 Å². The summed E-state index contributed by atoms with van der Waals surface area (Å²) in [5, 5.41) is 21.9. The second kappa shape index (κ2) is 7.71. The number of thioether (sulfide) groups is 1. The lowest BCUT2D eigenvalue weighted by Gasteiger charge is -2.10. The summed E-state index contributed by atoms with van der Waals surface area (Å²) in [4.78, 5) is 14.0. The van der Waals surface area contributed by atoms with Gasteiger partial charge >= 0.3 is 0 Å². The predicted molar refractivity (Wildman–Crippen MR) is 107 cm³/mol. The van der Waals surface area contributed by atoms with Crippen molar-refractivity contribution in [2.45, 2.75) is 49.4 Å². The number of nitrogens with zero attached hydrogens (tertiary/aromatic N) is 4. The average Bonchev–Trinajstić information content (AvgIpc) is 3.14. The molecule has 0 radical (unpaired) electrons. The SMILES string of the molecule is CC(Sc1nnc2ccccn12)C(=O)Nc1sc2c(c1C#N)CCCCC2. The van der Waals surface area contributed by atoms with E-state index in [2.05, 4.69) is 21.6 Å². The van der Waals surface area contributed by atoms with Crippen LogP contribution in [0.15, 0.2) is 29.6 Å². The molecule has 0 saturated heterocycles. The summed E-state index contributed by atoms with van der Waals surface area (Å²) in [5.41, 5.74) is 2.54. The molecule has 8 heteroatoms. The van der Waals surface area contributed by atoms with Crippen molar-refractivity contribution in [3.8, 4) is 6.07 Å². The van der Waals surface area contributed by atoms with Crippen LogP contribution >= 0.6 is 23.1 Å². The number of aryl methyl sites for hydroxylation is 1. The van der Waals surface area contributed by atoms with Gasteiger partial charge in [-0.25, -0.2) is 0 Å². The number of thiophene rings is 1. The van der Waals surface area contributed by atoms with E-state index in [1.807, 2.05) is 35.7 Å². The Balaban J connectivity index is 1.51. The molecule has 0 aliphatic heterocycles. The third-order valence-electron chi connectivity index (χ3n) is 4.70. The maximum Gasteiger partial charge on any atom is 0.238 e. The fourth-order valence-electron chi connectivity index (χ4n) is 3.27.